The van der Waals surface area contributed by atoms with Gasteiger partial charge in [0.2, 0.25) is 5.91 Å². The molecule has 0 saturated heterocycles. The van der Waals surface area contributed by atoms with Gasteiger partial charge in [-0.15, -0.1) is 0 Å². The molecule has 1 aromatic carbocycles. The molecule has 3 nitrogen and oxygen atoms in total. The van der Waals surface area contributed by atoms with Crippen molar-refractivity contribution in [3.63, 3.8) is 0 Å². The zero-order valence-corrected chi connectivity index (χ0v) is 11.5. The molecule has 1 aromatic rings. The molecule has 0 saturated carbocycles. The van der Waals surface area contributed by atoms with Gasteiger partial charge < -0.3 is 10.4 Å². The van der Waals surface area contributed by atoms with E-state index in [0.717, 1.165) is 0 Å². The quantitative estimate of drug-likeness (QED) is 0.797. The Morgan fingerprint density at radius 2 is 2.11 bits per heavy atom. The summed E-state index contributed by atoms with van der Waals surface area (Å²) >= 11 is 0. The molecule has 2 atom stereocenters. The maximum atomic E-state index is 13.5. The molecule has 0 bridgehead atoms. The molecular formula is C15H22FNO2. The van der Waals surface area contributed by atoms with Gasteiger partial charge in [-0.2, -0.15) is 0 Å². The number of halogens is 1. The fourth-order valence-electron chi connectivity index (χ4n) is 1.92. The third-order valence-electron chi connectivity index (χ3n) is 3.20. The summed E-state index contributed by atoms with van der Waals surface area (Å²) in [5.74, 6) is -0.541. The molecule has 106 valence electrons. The lowest BCUT2D eigenvalue weighted by Gasteiger charge is -2.13. The minimum absolute atomic E-state index is 0.112. The van der Waals surface area contributed by atoms with Gasteiger partial charge in [-0.25, -0.2) is 4.39 Å². The number of carbonyl (C=O) groups excluding carboxylic acids is 1. The standard InChI is InChI=1S/C15H22FNO2/c1-3-12(18)8-9-17-15(19)10-11(2)13-6-4-5-7-14(13)16/h4-7,11-12,18H,3,8-10H2,1-2H3,(H,17,19). The maximum Gasteiger partial charge on any atom is 0.220 e. The van der Waals surface area contributed by atoms with Crippen molar-refractivity contribution in [1.82, 2.24) is 5.32 Å². The lowest BCUT2D eigenvalue weighted by Crippen LogP contribution is -2.28. The van der Waals surface area contributed by atoms with Gasteiger partial charge in [-0.3, -0.25) is 4.79 Å². The first-order chi connectivity index (χ1) is 9.04. The first-order valence-corrected chi connectivity index (χ1v) is 6.73. The molecule has 0 aliphatic rings. The highest BCUT2D eigenvalue weighted by Crippen LogP contribution is 2.21. The van der Waals surface area contributed by atoms with E-state index < -0.39 is 0 Å². The Bertz CT molecular complexity index is 409. The van der Waals surface area contributed by atoms with Gasteiger partial charge in [0.25, 0.3) is 0 Å². The van der Waals surface area contributed by atoms with Gasteiger partial charge in [0, 0.05) is 13.0 Å². The van der Waals surface area contributed by atoms with E-state index in [4.69, 9.17) is 0 Å². The molecule has 0 aromatic heterocycles. The zero-order chi connectivity index (χ0) is 14.3. The molecule has 0 heterocycles. The van der Waals surface area contributed by atoms with Gasteiger partial charge in [-0.05, 0) is 30.4 Å². The second-order valence-electron chi connectivity index (χ2n) is 4.83. The van der Waals surface area contributed by atoms with Crippen molar-refractivity contribution in [2.45, 2.75) is 45.1 Å². The second kappa shape index (κ2) is 7.89. The summed E-state index contributed by atoms with van der Waals surface area (Å²) in [5.41, 5.74) is 0.561. The second-order valence-corrected chi connectivity index (χ2v) is 4.83. The zero-order valence-electron chi connectivity index (χ0n) is 11.5. The largest absolute Gasteiger partial charge is 0.393 e. The molecule has 19 heavy (non-hydrogen) atoms. The number of amides is 1. The fourth-order valence-corrected chi connectivity index (χ4v) is 1.92. The summed E-state index contributed by atoms with van der Waals surface area (Å²) in [4.78, 5) is 11.7. The molecule has 0 spiro atoms. The number of hydrogen-bond acceptors (Lipinski definition) is 2. The van der Waals surface area contributed by atoms with Crippen LogP contribution in [0.15, 0.2) is 24.3 Å². The summed E-state index contributed by atoms with van der Waals surface area (Å²) in [6, 6.07) is 6.51. The monoisotopic (exact) mass is 267 g/mol. The third kappa shape index (κ3) is 5.39. The van der Waals surface area contributed by atoms with Crippen LogP contribution in [-0.2, 0) is 4.79 Å². The van der Waals surface area contributed by atoms with E-state index in [1.165, 1.54) is 6.07 Å². The van der Waals surface area contributed by atoms with Crippen LogP contribution < -0.4 is 5.32 Å². The van der Waals surface area contributed by atoms with Crippen molar-refractivity contribution in [3.8, 4) is 0 Å². The minimum atomic E-state index is -0.371. The molecule has 2 unspecified atom stereocenters. The average molecular weight is 267 g/mol. The smallest absolute Gasteiger partial charge is 0.220 e. The van der Waals surface area contributed by atoms with Crippen LogP contribution in [0.25, 0.3) is 0 Å². The first kappa shape index (κ1) is 15.6. The number of carbonyl (C=O) groups is 1. The van der Waals surface area contributed by atoms with Crippen molar-refractivity contribution in [2.24, 2.45) is 0 Å². The summed E-state index contributed by atoms with van der Waals surface area (Å²) in [5, 5.41) is 12.1. The van der Waals surface area contributed by atoms with Gasteiger partial charge in [0.05, 0.1) is 6.10 Å². The highest BCUT2D eigenvalue weighted by atomic mass is 19.1. The van der Waals surface area contributed by atoms with Crippen LogP contribution in [0.1, 0.15) is 44.6 Å². The summed E-state index contributed by atoms with van der Waals surface area (Å²) < 4.78 is 13.5. The van der Waals surface area contributed by atoms with E-state index in [0.29, 0.717) is 24.9 Å². The molecule has 4 heteroatoms. The highest BCUT2D eigenvalue weighted by molar-refractivity contribution is 5.76. The van der Waals surface area contributed by atoms with Crippen LogP contribution in [0.3, 0.4) is 0 Å². The Kier molecular flexibility index (Phi) is 6.50. The van der Waals surface area contributed by atoms with Crippen LogP contribution in [-0.4, -0.2) is 23.7 Å². The minimum Gasteiger partial charge on any atom is -0.393 e. The lowest BCUT2D eigenvalue weighted by atomic mass is 9.97. The van der Waals surface area contributed by atoms with Crippen molar-refractivity contribution in [1.29, 1.82) is 0 Å². The Hall–Kier alpha value is -1.42. The van der Waals surface area contributed by atoms with Gasteiger partial charge in [0.1, 0.15) is 5.82 Å². The maximum absolute atomic E-state index is 13.5. The van der Waals surface area contributed by atoms with Crippen LogP contribution in [0.2, 0.25) is 0 Å². The average Bonchev–Trinajstić information content (AvgIpc) is 2.38. The van der Waals surface area contributed by atoms with E-state index in [-0.39, 0.29) is 30.2 Å². The molecule has 2 N–H and O–H groups in total. The number of rotatable bonds is 7. The van der Waals surface area contributed by atoms with Crippen molar-refractivity contribution >= 4 is 5.91 Å². The number of aliphatic hydroxyl groups excluding tert-OH is 1. The number of aliphatic hydroxyl groups is 1. The lowest BCUT2D eigenvalue weighted by molar-refractivity contribution is -0.121. The van der Waals surface area contributed by atoms with E-state index in [1.54, 1.807) is 18.2 Å². The predicted octanol–water partition coefficient (Wildman–Crippen LogP) is 2.60. The SMILES string of the molecule is CCC(O)CCNC(=O)CC(C)c1ccccc1F. The molecule has 0 aliphatic carbocycles. The summed E-state index contributed by atoms with van der Waals surface area (Å²) in [6.45, 7) is 4.18. The molecule has 0 radical (unpaired) electrons. The fraction of sp³-hybridized carbons (Fsp3) is 0.533. The highest BCUT2D eigenvalue weighted by Gasteiger charge is 2.14. The Balaban J connectivity index is 2.38. The van der Waals surface area contributed by atoms with Crippen molar-refractivity contribution in [3.05, 3.63) is 35.6 Å². The van der Waals surface area contributed by atoms with Crippen LogP contribution in [0.5, 0.6) is 0 Å². The molecular weight excluding hydrogens is 245 g/mol. The van der Waals surface area contributed by atoms with E-state index in [2.05, 4.69) is 5.32 Å². The number of hydrogen-bond donors (Lipinski definition) is 2. The summed E-state index contributed by atoms with van der Waals surface area (Å²) in [6.07, 6.45) is 1.12. The Morgan fingerprint density at radius 1 is 1.42 bits per heavy atom. The van der Waals surface area contributed by atoms with E-state index in [1.807, 2.05) is 13.8 Å². The van der Waals surface area contributed by atoms with Crippen LogP contribution in [0.4, 0.5) is 4.39 Å². The van der Waals surface area contributed by atoms with Gasteiger partial charge in [0.15, 0.2) is 0 Å². The van der Waals surface area contributed by atoms with E-state index in [9.17, 15) is 14.3 Å². The van der Waals surface area contributed by atoms with Crippen LogP contribution in [0, 0.1) is 5.82 Å². The first-order valence-electron chi connectivity index (χ1n) is 6.73. The van der Waals surface area contributed by atoms with Crippen LogP contribution >= 0.6 is 0 Å². The molecule has 1 rings (SSSR count). The number of nitrogens with one attached hydrogen (secondary N) is 1. The van der Waals surface area contributed by atoms with E-state index >= 15 is 0 Å². The Morgan fingerprint density at radius 3 is 2.74 bits per heavy atom. The number of benzene rings is 1. The molecule has 0 fully saturated rings. The normalized spacial score (nSPS) is 13.9. The van der Waals surface area contributed by atoms with Gasteiger partial charge in [-0.1, -0.05) is 32.0 Å². The van der Waals surface area contributed by atoms with Crippen molar-refractivity contribution in [2.75, 3.05) is 6.54 Å². The third-order valence-corrected chi connectivity index (χ3v) is 3.20. The molecule has 0 aliphatic heterocycles. The molecule has 1 amide bonds. The predicted molar refractivity (Wildman–Crippen MR) is 73.4 cm³/mol. The van der Waals surface area contributed by atoms with Crippen molar-refractivity contribution < 1.29 is 14.3 Å². The van der Waals surface area contributed by atoms with Gasteiger partial charge >= 0.3 is 0 Å². The Labute approximate surface area is 113 Å². The topological polar surface area (TPSA) is 49.3 Å². The summed E-state index contributed by atoms with van der Waals surface area (Å²) in [7, 11) is 0.